The number of hydrogen-bond acceptors (Lipinski definition) is 5. The van der Waals surface area contributed by atoms with E-state index in [4.69, 9.17) is 0 Å². The molecule has 0 aliphatic carbocycles. The summed E-state index contributed by atoms with van der Waals surface area (Å²) in [6, 6.07) is 6.67. The molecule has 1 aromatic carbocycles. The Balaban J connectivity index is 2.02. The van der Waals surface area contributed by atoms with Crippen LogP contribution in [0.2, 0.25) is 0 Å². The summed E-state index contributed by atoms with van der Waals surface area (Å²) >= 11 is 1.46. The molecule has 0 spiro atoms. The van der Waals surface area contributed by atoms with Crippen molar-refractivity contribution in [2.75, 3.05) is 10.6 Å². The molecule has 0 saturated heterocycles. The average molecular weight is 317 g/mol. The lowest BCUT2D eigenvalue weighted by atomic mass is 10.1. The van der Waals surface area contributed by atoms with Crippen molar-refractivity contribution >= 4 is 33.8 Å². The van der Waals surface area contributed by atoms with Gasteiger partial charge in [-0.2, -0.15) is 0 Å². The van der Waals surface area contributed by atoms with Crippen LogP contribution >= 0.6 is 11.3 Å². The van der Waals surface area contributed by atoms with Crippen molar-refractivity contribution in [1.82, 2.24) is 4.98 Å². The quantitative estimate of drug-likeness (QED) is 0.829. The van der Waals surface area contributed by atoms with Crippen LogP contribution in [-0.4, -0.2) is 22.7 Å². The molecule has 22 heavy (non-hydrogen) atoms. The average Bonchev–Trinajstić information content (AvgIpc) is 2.77. The third-order valence-electron chi connectivity index (χ3n) is 3.30. The maximum atomic E-state index is 12.2. The van der Waals surface area contributed by atoms with E-state index in [0.717, 1.165) is 16.3 Å². The summed E-state index contributed by atoms with van der Waals surface area (Å²) in [5.41, 5.74) is 2.28. The maximum absolute atomic E-state index is 12.2. The highest BCUT2D eigenvalue weighted by atomic mass is 32.1. The van der Waals surface area contributed by atoms with Crippen molar-refractivity contribution in [2.24, 2.45) is 0 Å². The number of nitrogens with one attached hydrogen (secondary N) is 2. The van der Waals surface area contributed by atoms with Gasteiger partial charge in [-0.05, 0) is 39.8 Å². The smallest absolute Gasteiger partial charge is 0.248 e. The molecule has 0 radical (unpaired) electrons. The largest absolute Gasteiger partial charge is 0.374 e. The van der Waals surface area contributed by atoms with Crippen LogP contribution in [0, 0.1) is 13.8 Å². The highest BCUT2D eigenvalue weighted by Gasteiger charge is 2.15. The lowest BCUT2D eigenvalue weighted by molar-refractivity contribution is -0.116. The van der Waals surface area contributed by atoms with Gasteiger partial charge in [0, 0.05) is 16.1 Å². The number of carbonyl (C=O) groups excluding carboxylic acids is 2. The molecule has 2 rings (SSSR count). The maximum Gasteiger partial charge on any atom is 0.248 e. The first-order chi connectivity index (χ1) is 10.4. The number of anilines is 2. The van der Waals surface area contributed by atoms with Gasteiger partial charge in [-0.3, -0.25) is 9.59 Å². The standard InChI is InChI=1S/C16H19N3O2S/c1-9-12(4)22-16(18-9)19-15(21)10(2)17-14-7-5-6-13(8-14)11(3)20/h5-8,10,17H,1-4H3,(H,18,19,21)/t10-/m1/s1. The van der Waals surface area contributed by atoms with Gasteiger partial charge in [0.15, 0.2) is 10.9 Å². The van der Waals surface area contributed by atoms with Crippen molar-refractivity contribution in [3.63, 3.8) is 0 Å². The third-order valence-corrected chi connectivity index (χ3v) is 4.29. The summed E-state index contributed by atoms with van der Waals surface area (Å²) in [6.45, 7) is 7.17. The summed E-state index contributed by atoms with van der Waals surface area (Å²) in [7, 11) is 0. The predicted molar refractivity (Wildman–Crippen MR) is 89.7 cm³/mol. The molecule has 1 heterocycles. The Kier molecular flexibility index (Phi) is 4.92. The number of carbonyl (C=O) groups is 2. The Morgan fingerprint density at radius 1 is 1.27 bits per heavy atom. The fourth-order valence-electron chi connectivity index (χ4n) is 1.88. The molecule has 0 aliphatic rings. The number of rotatable bonds is 5. The number of amides is 1. The Morgan fingerprint density at radius 3 is 2.59 bits per heavy atom. The predicted octanol–water partition coefficient (Wildman–Crippen LogP) is 3.40. The molecule has 5 nitrogen and oxygen atoms in total. The first kappa shape index (κ1) is 16.2. The first-order valence-electron chi connectivity index (χ1n) is 6.99. The second-order valence-electron chi connectivity index (χ2n) is 5.15. The molecule has 0 unspecified atom stereocenters. The van der Waals surface area contributed by atoms with E-state index >= 15 is 0 Å². The van der Waals surface area contributed by atoms with E-state index in [0.29, 0.717) is 10.7 Å². The number of benzene rings is 1. The molecule has 0 aliphatic heterocycles. The Morgan fingerprint density at radius 2 is 2.00 bits per heavy atom. The summed E-state index contributed by atoms with van der Waals surface area (Å²) in [5, 5.41) is 6.49. The second kappa shape index (κ2) is 6.70. The molecule has 1 amide bonds. The van der Waals surface area contributed by atoms with E-state index in [9.17, 15) is 9.59 Å². The minimum absolute atomic E-state index is 0.00510. The van der Waals surface area contributed by atoms with Crippen molar-refractivity contribution in [2.45, 2.75) is 33.7 Å². The Hall–Kier alpha value is -2.21. The minimum Gasteiger partial charge on any atom is -0.374 e. The number of thiazole rings is 1. The molecule has 2 aromatic rings. The fourth-order valence-corrected chi connectivity index (χ4v) is 2.70. The van der Waals surface area contributed by atoms with E-state index < -0.39 is 6.04 Å². The van der Waals surface area contributed by atoms with Crippen LogP contribution in [0.15, 0.2) is 24.3 Å². The van der Waals surface area contributed by atoms with Gasteiger partial charge in [0.1, 0.15) is 6.04 Å². The van der Waals surface area contributed by atoms with Crippen molar-refractivity contribution in [3.8, 4) is 0 Å². The van der Waals surface area contributed by atoms with Crippen LogP contribution in [0.1, 0.15) is 34.8 Å². The zero-order valence-electron chi connectivity index (χ0n) is 13.1. The number of nitrogens with zero attached hydrogens (tertiary/aromatic N) is 1. The van der Waals surface area contributed by atoms with E-state index in [1.54, 1.807) is 25.1 Å². The number of aromatic nitrogens is 1. The van der Waals surface area contributed by atoms with Crippen LogP contribution in [0.25, 0.3) is 0 Å². The van der Waals surface area contributed by atoms with Gasteiger partial charge < -0.3 is 10.6 Å². The van der Waals surface area contributed by atoms with Gasteiger partial charge in [-0.1, -0.05) is 12.1 Å². The SMILES string of the molecule is CC(=O)c1cccc(N[C@H](C)C(=O)Nc2nc(C)c(C)s2)c1. The lowest BCUT2D eigenvalue weighted by Crippen LogP contribution is -2.31. The van der Waals surface area contributed by atoms with Gasteiger partial charge in [-0.15, -0.1) is 11.3 Å². The number of ketones is 1. The van der Waals surface area contributed by atoms with Crippen LogP contribution < -0.4 is 10.6 Å². The molecule has 0 fully saturated rings. The Bertz CT molecular complexity index is 690. The van der Waals surface area contributed by atoms with Crippen molar-refractivity contribution < 1.29 is 9.59 Å². The molecule has 116 valence electrons. The first-order valence-corrected chi connectivity index (χ1v) is 7.81. The molecule has 1 atom stereocenters. The van der Waals surface area contributed by atoms with Crippen LogP contribution in [0.4, 0.5) is 10.8 Å². The van der Waals surface area contributed by atoms with E-state index in [1.165, 1.54) is 18.3 Å². The highest BCUT2D eigenvalue weighted by Crippen LogP contribution is 2.21. The normalized spacial score (nSPS) is 11.8. The molecule has 2 N–H and O–H groups in total. The van der Waals surface area contributed by atoms with Gasteiger partial charge in [0.2, 0.25) is 5.91 Å². The van der Waals surface area contributed by atoms with Gasteiger partial charge in [0.25, 0.3) is 0 Å². The molecule has 6 heteroatoms. The number of aryl methyl sites for hydroxylation is 2. The summed E-state index contributed by atoms with van der Waals surface area (Å²) in [5.74, 6) is -0.170. The molecular weight excluding hydrogens is 298 g/mol. The van der Waals surface area contributed by atoms with Gasteiger partial charge in [0.05, 0.1) is 5.69 Å². The van der Waals surface area contributed by atoms with E-state index in [2.05, 4.69) is 15.6 Å². The van der Waals surface area contributed by atoms with Crippen LogP contribution in [0.5, 0.6) is 0 Å². The minimum atomic E-state index is -0.438. The van der Waals surface area contributed by atoms with Crippen LogP contribution in [-0.2, 0) is 4.79 Å². The number of Topliss-reactive ketones (excluding diaryl/α,β-unsaturated/α-hetero) is 1. The van der Waals surface area contributed by atoms with Crippen molar-refractivity contribution in [3.05, 3.63) is 40.4 Å². The van der Waals surface area contributed by atoms with Crippen molar-refractivity contribution in [1.29, 1.82) is 0 Å². The zero-order chi connectivity index (χ0) is 16.3. The Labute approximate surface area is 133 Å². The van der Waals surface area contributed by atoms with E-state index in [1.807, 2.05) is 19.9 Å². The number of hydrogen-bond donors (Lipinski definition) is 2. The zero-order valence-corrected chi connectivity index (χ0v) is 13.9. The molecular formula is C16H19N3O2S. The van der Waals surface area contributed by atoms with E-state index in [-0.39, 0.29) is 11.7 Å². The highest BCUT2D eigenvalue weighted by molar-refractivity contribution is 7.15. The topological polar surface area (TPSA) is 71.1 Å². The summed E-state index contributed by atoms with van der Waals surface area (Å²) < 4.78 is 0. The third kappa shape index (κ3) is 3.92. The molecule has 0 bridgehead atoms. The monoisotopic (exact) mass is 317 g/mol. The van der Waals surface area contributed by atoms with Gasteiger partial charge >= 0.3 is 0 Å². The fraction of sp³-hybridized carbons (Fsp3) is 0.312. The summed E-state index contributed by atoms with van der Waals surface area (Å²) in [4.78, 5) is 28.9. The molecule has 1 aromatic heterocycles. The summed E-state index contributed by atoms with van der Waals surface area (Å²) in [6.07, 6.45) is 0. The van der Waals surface area contributed by atoms with Gasteiger partial charge in [-0.25, -0.2) is 4.98 Å². The second-order valence-corrected chi connectivity index (χ2v) is 6.36. The van der Waals surface area contributed by atoms with Crippen LogP contribution in [0.3, 0.4) is 0 Å². The lowest BCUT2D eigenvalue weighted by Gasteiger charge is -2.14. The molecule has 0 saturated carbocycles.